The number of carboxylic acid groups (broad SMARTS) is 1. The van der Waals surface area contributed by atoms with Gasteiger partial charge in [-0.1, -0.05) is 24.3 Å². The summed E-state index contributed by atoms with van der Waals surface area (Å²) in [6, 6.07) is 17.6. The predicted molar refractivity (Wildman–Crippen MR) is 126 cm³/mol. The number of carbonyl (C=O) groups is 2. The average Bonchev–Trinajstić information content (AvgIpc) is 2.88. The van der Waals surface area contributed by atoms with Gasteiger partial charge in [-0.05, 0) is 42.0 Å². The van der Waals surface area contributed by atoms with Crippen LogP contribution in [-0.4, -0.2) is 33.2 Å². The van der Waals surface area contributed by atoms with Gasteiger partial charge < -0.3 is 33.8 Å². The van der Waals surface area contributed by atoms with Gasteiger partial charge in [-0.2, -0.15) is 0 Å². The normalized spacial score (nSPS) is 11.2. The Labute approximate surface area is 200 Å². The van der Waals surface area contributed by atoms with Crippen molar-refractivity contribution >= 4 is 34.2 Å². The van der Waals surface area contributed by atoms with Crippen molar-refractivity contribution < 1.29 is 33.3 Å². The quantitative estimate of drug-likeness (QED) is 0.437. The van der Waals surface area contributed by atoms with E-state index >= 15 is 0 Å². The van der Waals surface area contributed by atoms with Gasteiger partial charge in [0, 0.05) is 11.5 Å². The molecule has 4 aromatic rings. The summed E-state index contributed by atoms with van der Waals surface area (Å²) in [5, 5.41) is 14.5. The number of hydrogen-bond donors (Lipinski definition) is 1. The smallest absolute Gasteiger partial charge is 0.261 e. The van der Waals surface area contributed by atoms with Crippen molar-refractivity contribution in [2.24, 2.45) is 4.99 Å². The number of nitrogens with one attached hydrogen (secondary N) is 1. The zero-order valence-electron chi connectivity index (χ0n) is 19.2. The number of aromatic carboxylic acids is 1. The highest BCUT2D eigenvalue weighted by molar-refractivity contribution is 6.06. The van der Waals surface area contributed by atoms with Gasteiger partial charge in [0.2, 0.25) is 5.55 Å². The minimum atomic E-state index is -1.30. The molecule has 0 atom stereocenters. The third kappa shape index (κ3) is 4.93. The van der Waals surface area contributed by atoms with Crippen LogP contribution in [0.3, 0.4) is 0 Å². The maximum Gasteiger partial charge on any atom is 0.261 e. The van der Waals surface area contributed by atoms with Crippen LogP contribution in [0.25, 0.3) is 11.0 Å². The van der Waals surface area contributed by atoms with Crippen molar-refractivity contribution in [3.05, 3.63) is 83.4 Å². The number of ether oxygens (including phenoxy) is 3. The fourth-order valence-electron chi connectivity index (χ4n) is 3.41. The summed E-state index contributed by atoms with van der Waals surface area (Å²) in [6.45, 7) is 0. The van der Waals surface area contributed by atoms with Crippen molar-refractivity contribution in [2.45, 2.75) is 0 Å². The minimum Gasteiger partial charge on any atom is -0.545 e. The van der Waals surface area contributed by atoms with E-state index in [1.807, 2.05) is 0 Å². The van der Waals surface area contributed by atoms with E-state index in [4.69, 9.17) is 18.6 Å². The molecule has 9 nitrogen and oxygen atoms in total. The Morgan fingerprint density at radius 1 is 0.886 bits per heavy atom. The third-order valence-electron chi connectivity index (χ3n) is 5.19. The summed E-state index contributed by atoms with van der Waals surface area (Å²) >= 11 is 0. The lowest BCUT2D eigenvalue weighted by molar-refractivity contribution is -0.255. The van der Waals surface area contributed by atoms with Gasteiger partial charge in [0.05, 0.1) is 38.7 Å². The molecule has 0 aliphatic carbocycles. The van der Waals surface area contributed by atoms with E-state index in [9.17, 15) is 14.7 Å². The Bertz CT molecular complexity index is 1470. The van der Waals surface area contributed by atoms with Crippen molar-refractivity contribution in [2.75, 3.05) is 26.6 Å². The molecule has 0 radical (unpaired) electrons. The van der Waals surface area contributed by atoms with Crippen LogP contribution in [0.4, 0.5) is 11.4 Å². The molecule has 3 aromatic carbocycles. The summed E-state index contributed by atoms with van der Waals surface area (Å²) in [4.78, 5) is 28.9. The Balaban J connectivity index is 1.84. The highest BCUT2D eigenvalue weighted by Crippen LogP contribution is 2.30. The minimum absolute atomic E-state index is 0.00522. The lowest BCUT2D eigenvalue weighted by atomic mass is 10.1. The van der Waals surface area contributed by atoms with Crippen LogP contribution < -0.4 is 30.2 Å². The molecule has 35 heavy (non-hydrogen) atoms. The van der Waals surface area contributed by atoms with Crippen molar-refractivity contribution in [1.82, 2.24) is 0 Å². The summed E-state index contributed by atoms with van der Waals surface area (Å²) in [5.41, 5.74) is 1.36. The first-order valence-electron chi connectivity index (χ1n) is 10.4. The molecule has 0 unspecified atom stereocenters. The van der Waals surface area contributed by atoms with Crippen molar-refractivity contribution in [1.29, 1.82) is 0 Å². The third-order valence-corrected chi connectivity index (χ3v) is 5.19. The number of carbonyl (C=O) groups excluding carboxylic acids is 2. The number of carboxylic acids is 1. The van der Waals surface area contributed by atoms with Crippen LogP contribution in [-0.2, 0) is 0 Å². The highest BCUT2D eigenvalue weighted by Gasteiger charge is 2.17. The number of rotatable bonds is 7. The van der Waals surface area contributed by atoms with Gasteiger partial charge in [-0.3, -0.25) is 4.79 Å². The average molecular weight is 473 g/mol. The number of nitrogens with zero attached hydrogens (tertiary/aromatic N) is 1. The number of amides is 1. The second-order valence-electron chi connectivity index (χ2n) is 7.31. The largest absolute Gasteiger partial charge is 0.545 e. The van der Waals surface area contributed by atoms with E-state index in [1.54, 1.807) is 42.5 Å². The molecule has 1 amide bonds. The van der Waals surface area contributed by atoms with Gasteiger partial charge in [-0.25, -0.2) is 4.99 Å². The summed E-state index contributed by atoms with van der Waals surface area (Å²) in [7, 11) is 4.53. The Morgan fingerprint density at radius 2 is 1.63 bits per heavy atom. The predicted octanol–water partition coefficient (Wildman–Crippen LogP) is 3.31. The van der Waals surface area contributed by atoms with Crippen LogP contribution in [0, 0.1) is 0 Å². The van der Waals surface area contributed by atoms with Crippen LogP contribution in [0.15, 0.2) is 76.1 Å². The zero-order valence-corrected chi connectivity index (χ0v) is 19.2. The van der Waals surface area contributed by atoms with Crippen LogP contribution >= 0.6 is 0 Å². The number of anilines is 1. The van der Waals surface area contributed by atoms with Gasteiger partial charge in [0.15, 0.2) is 11.3 Å². The number of methoxy groups -OCH3 is 3. The van der Waals surface area contributed by atoms with Gasteiger partial charge in [0.1, 0.15) is 17.1 Å². The topological polar surface area (TPSA) is 122 Å². The summed E-state index contributed by atoms with van der Waals surface area (Å²) in [6.07, 6.45) is 0. The first kappa shape index (κ1) is 23.4. The fraction of sp³-hybridized carbons (Fsp3) is 0.115. The SMILES string of the molecule is COc1ccc(NC(=O)c2cc3cccc(OC)c3oc2=Nc2ccc(C(=O)[O-])cc2)c(OC)c1. The molecule has 0 spiro atoms. The van der Waals surface area contributed by atoms with E-state index in [1.165, 1.54) is 45.6 Å². The summed E-state index contributed by atoms with van der Waals surface area (Å²) < 4.78 is 22.0. The number of hydrogen-bond acceptors (Lipinski definition) is 8. The van der Waals surface area contributed by atoms with E-state index < -0.39 is 11.9 Å². The second kappa shape index (κ2) is 10.0. The van der Waals surface area contributed by atoms with Crippen molar-refractivity contribution in [3.8, 4) is 17.2 Å². The van der Waals surface area contributed by atoms with E-state index in [-0.39, 0.29) is 16.7 Å². The second-order valence-corrected chi connectivity index (χ2v) is 7.31. The maximum absolute atomic E-state index is 13.4. The lowest BCUT2D eigenvalue weighted by Gasteiger charge is -2.12. The van der Waals surface area contributed by atoms with Crippen LogP contribution in [0.1, 0.15) is 20.7 Å². The molecule has 9 heteroatoms. The Hall–Kier alpha value is -4.79. The number of benzene rings is 3. The number of para-hydroxylation sites is 1. The van der Waals surface area contributed by atoms with Crippen LogP contribution in [0.2, 0.25) is 0 Å². The highest BCUT2D eigenvalue weighted by atomic mass is 16.5. The molecule has 1 heterocycles. The fourth-order valence-corrected chi connectivity index (χ4v) is 3.41. The molecule has 0 saturated heterocycles. The molecule has 4 rings (SSSR count). The zero-order chi connectivity index (χ0) is 24.9. The van der Waals surface area contributed by atoms with Crippen LogP contribution in [0.5, 0.6) is 17.2 Å². The number of fused-ring (bicyclic) bond motifs is 1. The van der Waals surface area contributed by atoms with Gasteiger partial charge in [0.25, 0.3) is 5.91 Å². The van der Waals surface area contributed by atoms with Crippen molar-refractivity contribution in [3.63, 3.8) is 0 Å². The molecule has 1 aromatic heterocycles. The first-order valence-corrected chi connectivity index (χ1v) is 10.4. The van der Waals surface area contributed by atoms with Gasteiger partial charge >= 0.3 is 0 Å². The van der Waals surface area contributed by atoms with E-state index in [2.05, 4.69) is 10.3 Å². The molecule has 0 aliphatic rings. The first-order chi connectivity index (χ1) is 16.9. The summed E-state index contributed by atoms with van der Waals surface area (Å²) in [5.74, 6) is -0.343. The molecule has 0 fully saturated rings. The maximum atomic E-state index is 13.4. The molecule has 178 valence electrons. The molecule has 0 saturated carbocycles. The molecule has 0 bridgehead atoms. The monoisotopic (exact) mass is 473 g/mol. The molecular formula is C26H21N2O7-. The van der Waals surface area contributed by atoms with Gasteiger partial charge in [-0.15, -0.1) is 0 Å². The lowest BCUT2D eigenvalue weighted by Crippen LogP contribution is -2.22. The molecular weight excluding hydrogens is 452 g/mol. The Kier molecular flexibility index (Phi) is 6.68. The van der Waals surface area contributed by atoms with E-state index in [0.717, 1.165) is 0 Å². The Morgan fingerprint density at radius 3 is 2.29 bits per heavy atom. The van der Waals surface area contributed by atoms with E-state index in [0.29, 0.717) is 39.6 Å². The molecule has 1 N–H and O–H groups in total. The standard InChI is InChI=1S/C26H22N2O7/c1-32-18-11-12-20(22(14-18)34-3)28-24(29)19-13-16-5-4-6-21(33-2)23(16)35-25(19)27-17-9-7-15(8-10-17)26(30)31/h4-14H,1-3H3,(H,28,29)(H,30,31)/p-1. The molecule has 0 aliphatic heterocycles.